The summed E-state index contributed by atoms with van der Waals surface area (Å²) in [4.78, 5) is 0. The highest BCUT2D eigenvalue weighted by Crippen LogP contribution is 2.20. The summed E-state index contributed by atoms with van der Waals surface area (Å²) in [5, 5.41) is 5.86. The lowest BCUT2D eigenvalue weighted by Gasteiger charge is -2.11. The average molecular weight is 199 g/mol. The van der Waals surface area contributed by atoms with Crippen molar-refractivity contribution >= 4 is 10.8 Å². The van der Waals surface area contributed by atoms with Crippen molar-refractivity contribution in [1.82, 2.24) is 5.32 Å². The van der Waals surface area contributed by atoms with Crippen LogP contribution in [0.5, 0.6) is 0 Å². The van der Waals surface area contributed by atoms with Crippen LogP contribution in [0, 0.1) is 0 Å². The minimum absolute atomic E-state index is 0.569. The van der Waals surface area contributed by atoms with Crippen LogP contribution < -0.4 is 5.32 Å². The summed E-state index contributed by atoms with van der Waals surface area (Å²) >= 11 is 0. The normalized spacial score (nSPS) is 12.9. The fourth-order valence-corrected chi connectivity index (χ4v) is 1.94. The smallest absolute Gasteiger partial charge is 0.00144 e. The number of nitrogens with one attached hydrogen (secondary N) is 1. The first-order chi connectivity index (χ1) is 7.31. The predicted molar refractivity (Wildman–Crippen MR) is 66.3 cm³/mol. The van der Waals surface area contributed by atoms with Gasteiger partial charge in [0.05, 0.1) is 0 Å². The average Bonchev–Trinajstić information content (AvgIpc) is 2.29. The summed E-state index contributed by atoms with van der Waals surface area (Å²) in [6, 6.07) is 15.2. The number of hydrogen-bond acceptors (Lipinski definition) is 1. The molecule has 0 aliphatic carbocycles. The highest BCUT2D eigenvalue weighted by molar-refractivity contribution is 5.83. The second-order valence-corrected chi connectivity index (χ2v) is 4.07. The van der Waals surface area contributed by atoms with Crippen molar-refractivity contribution in [2.45, 2.75) is 12.8 Å². The molecule has 2 rings (SSSR count). The van der Waals surface area contributed by atoms with Crippen LogP contribution in [0.15, 0.2) is 42.5 Å². The van der Waals surface area contributed by atoms with Gasteiger partial charge in [-0.25, -0.2) is 0 Å². The van der Waals surface area contributed by atoms with Crippen LogP contribution in [-0.2, 0) is 0 Å². The topological polar surface area (TPSA) is 12.0 Å². The molecule has 15 heavy (non-hydrogen) atoms. The van der Waals surface area contributed by atoms with E-state index in [9.17, 15) is 0 Å². The van der Waals surface area contributed by atoms with Gasteiger partial charge in [-0.05, 0) is 29.3 Å². The van der Waals surface area contributed by atoms with E-state index in [0.29, 0.717) is 5.92 Å². The molecule has 1 nitrogen and oxygen atoms in total. The molecule has 0 aliphatic rings. The molecule has 2 aromatic carbocycles. The largest absolute Gasteiger partial charge is 0.319 e. The van der Waals surface area contributed by atoms with Crippen LogP contribution in [0.4, 0.5) is 0 Å². The Balaban J connectivity index is 2.38. The van der Waals surface area contributed by atoms with Gasteiger partial charge < -0.3 is 5.32 Å². The van der Waals surface area contributed by atoms with Crippen molar-refractivity contribution in [3.8, 4) is 0 Å². The van der Waals surface area contributed by atoms with Gasteiger partial charge in [-0.15, -0.1) is 0 Å². The Labute approximate surface area is 91.1 Å². The van der Waals surface area contributed by atoms with Crippen LogP contribution in [0.25, 0.3) is 10.8 Å². The Morgan fingerprint density at radius 2 is 1.80 bits per heavy atom. The third-order valence-corrected chi connectivity index (χ3v) is 2.85. The van der Waals surface area contributed by atoms with E-state index in [2.05, 4.69) is 54.7 Å². The molecule has 1 atom stereocenters. The quantitative estimate of drug-likeness (QED) is 0.800. The molecule has 1 unspecified atom stereocenters. The Kier molecular flexibility index (Phi) is 3.02. The predicted octanol–water partition coefficient (Wildman–Crippen LogP) is 3.16. The van der Waals surface area contributed by atoms with Crippen LogP contribution in [-0.4, -0.2) is 13.6 Å². The van der Waals surface area contributed by atoms with Gasteiger partial charge in [-0.2, -0.15) is 0 Å². The zero-order valence-electron chi connectivity index (χ0n) is 9.33. The molecular weight excluding hydrogens is 182 g/mol. The molecule has 0 saturated heterocycles. The maximum atomic E-state index is 3.21. The van der Waals surface area contributed by atoms with Crippen molar-refractivity contribution in [3.63, 3.8) is 0 Å². The van der Waals surface area contributed by atoms with E-state index in [1.54, 1.807) is 0 Å². The third-order valence-electron chi connectivity index (χ3n) is 2.85. The van der Waals surface area contributed by atoms with E-state index in [0.717, 1.165) is 6.54 Å². The molecule has 2 aromatic rings. The number of benzene rings is 2. The first kappa shape index (κ1) is 10.2. The van der Waals surface area contributed by atoms with Crippen LogP contribution in [0.2, 0.25) is 0 Å². The minimum Gasteiger partial charge on any atom is -0.319 e. The lowest BCUT2D eigenvalue weighted by Crippen LogP contribution is -2.14. The van der Waals surface area contributed by atoms with E-state index < -0.39 is 0 Å². The molecule has 1 heteroatoms. The Bertz CT molecular complexity index is 448. The van der Waals surface area contributed by atoms with E-state index in [-0.39, 0.29) is 0 Å². The molecule has 0 bridgehead atoms. The second-order valence-electron chi connectivity index (χ2n) is 4.07. The van der Waals surface area contributed by atoms with Crippen molar-refractivity contribution in [1.29, 1.82) is 0 Å². The summed E-state index contributed by atoms with van der Waals surface area (Å²) in [6.45, 7) is 3.28. The van der Waals surface area contributed by atoms with Gasteiger partial charge >= 0.3 is 0 Å². The molecule has 0 heterocycles. The summed E-state index contributed by atoms with van der Waals surface area (Å²) in [5.41, 5.74) is 1.41. The first-order valence-electron chi connectivity index (χ1n) is 5.44. The summed E-state index contributed by atoms with van der Waals surface area (Å²) in [5.74, 6) is 0.569. The van der Waals surface area contributed by atoms with E-state index >= 15 is 0 Å². The molecule has 78 valence electrons. The molecule has 0 amide bonds. The fourth-order valence-electron chi connectivity index (χ4n) is 1.94. The lowest BCUT2D eigenvalue weighted by molar-refractivity contribution is 0.678. The molecule has 0 aromatic heterocycles. The highest BCUT2D eigenvalue weighted by atomic mass is 14.8. The lowest BCUT2D eigenvalue weighted by atomic mass is 9.98. The number of hydrogen-bond donors (Lipinski definition) is 1. The third kappa shape index (κ3) is 2.18. The second kappa shape index (κ2) is 4.45. The summed E-state index contributed by atoms with van der Waals surface area (Å²) < 4.78 is 0. The molecule has 0 fully saturated rings. The molecule has 0 radical (unpaired) electrons. The van der Waals surface area contributed by atoms with Crippen molar-refractivity contribution in [3.05, 3.63) is 48.0 Å². The van der Waals surface area contributed by atoms with Gasteiger partial charge in [-0.3, -0.25) is 0 Å². The molecule has 1 N–H and O–H groups in total. The van der Waals surface area contributed by atoms with E-state index in [1.807, 2.05) is 7.05 Å². The van der Waals surface area contributed by atoms with Crippen LogP contribution >= 0.6 is 0 Å². The van der Waals surface area contributed by atoms with Gasteiger partial charge in [-0.1, -0.05) is 49.4 Å². The zero-order valence-corrected chi connectivity index (χ0v) is 9.33. The van der Waals surface area contributed by atoms with E-state index in [1.165, 1.54) is 16.3 Å². The number of fused-ring (bicyclic) bond motifs is 1. The minimum atomic E-state index is 0.569. The van der Waals surface area contributed by atoms with Gasteiger partial charge in [0.25, 0.3) is 0 Å². The van der Waals surface area contributed by atoms with Crippen LogP contribution in [0.3, 0.4) is 0 Å². The Morgan fingerprint density at radius 3 is 2.53 bits per heavy atom. The number of likely N-dealkylation sites (N-methyl/N-ethyl adjacent to an activating group) is 1. The zero-order chi connectivity index (χ0) is 10.7. The molecule has 0 saturated carbocycles. The molecule has 0 aliphatic heterocycles. The molecular formula is C14H17N. The van der Waals surface area contributed by atoms with Gasteiger partial charge in [0, 0.05) is 6.54 Å². The fraction of sp³-hybridized carbons (Fsp3) is 0.286. The van der Waals surface area contributed by atoms with Crippen LogP contribution in [0.1, 0.15) is 18.4 Å². The summed E-state index contributed by atoms with van der Waals surface area (Å²) in [7, 11) is 2.00. The van der Waals surface area contributed by atoms with Gasteiger partial charge in [0.2, 0.25) is 0 Å². The van der Waals surface area contributed by atoms with Crippen molar-refractivity contribution in [2.24, 2.45) is 0 Å². The Morgan fingerprint density at radius 1 is 1.07 bits per heavy atom. The first-order valence-corrected chi connectivity index (χ1v) is 5.44. The molecule has 0 spiro atoms. The maximum Gasteiger partial charge on any atom is 0.00144 e. The SMILES string of the molecule is CNCC(C)c1ccc2ccccc2c1. The maximum absolute atomic E-state index is 3.21. The van der Waals surface area contributed by atoms with Crippen molar-refractivity contribution < 1.29 is 0 Å². The van der Waals surface area contributed by atoms with Gasteiger partial charge in [0.1, 0.15) is 0 Å². The number of rotatable bonds is 3. The van der Waals surface area contributed by atoms with E-state index in [4.69, 9.17) is 0 Å². The highest BCUT2D eigenvalue weighted by Gasteiger charge is 2.04. The standard InChI is InChI=1S/C14H17N/c1-11(10-15-2)13-8-7-12-5-3-4-6-14(12)9-13/h3-9,11,15H,10H2,1-2H3. The Hall–Kier alpha value is -1.34. The summed E-state index contributed by atoms with van der Waals surface area (Å²) in [6.07, 6.45) is 0. The van der Waals surface area contributed by atoms with Crippen molar-refractivity contribution in [2.75, 3.05) is 13.6 Å². The monoisotopic (exact) mass is 199 g/mol. The van der Waals surface area contributed by atoms with Gasteiger partial charge in [0.15, 0.2) is 0 Å².